The van der Waals surface area contributed by atoms with Crippen LogP contribution in [0.15, 0.2) is 47.5 Å². The van der Waals surface area contributed by atoms with Crippen LogP contribution in [0.1, 0.15) is 0 Å². The molecule has 3 aromatic heterocycles. The van der Waals surface area contributed by atoms with Crippen molar-refractivity contribution in [3.8, 4) is 17.0 Å². The lowest BCUT2D eigenvalue weighted by molar-refractivity contribution is 0.415. The molecule has 8 nitrogen and oxygen atoms in total. The molecule has 0 spiro atoms. The average Bonchev–Trinajstić information content (AvgIpc) is 3.16. The van der Waals surface area contributed by atoms with E-state index >= 15 is 0 Å². The molecule has 2 aliphatic rings. The van der Waals surface area contributed by atoms with Crippen LogP contribution in [0.4, 0.5) is 15.5 Å². The molecule has 1 unspecified atom stereocenters. The van der Waals surface area contributed by atoms with Crippen LogP contribution >= 0.6 is 11.3 Å². The zero-order valence-corrected chi connectivity index (χ0v) is 19.8. The zero-order valence-electron chi connectivity index (χ0n) is 19.0. The fourth-order valence-corrected chi connectivity index (χ4v) is 6.09. The molecule has 0 bridgehead atoms. The SMILES string of the molecule is COc1ccc2nc(N3C[C@@H]4C(N(C)c5nc(-c6ccncc6F)cc(=O)n5C)[C@@H]4C3)sc2c1. The fourth-order valence-electron chi connectivity index (χ4n) is 5.08. The number of halogens is 1. The zero-order chi connectivity index (χ0) is 23.6. The predicted octanol–water partition coefficient (Wildman–Crippen LogP) is 3.17. The Balaban J connectivity index is 1.22. The third-order valence-corrected chi connectivity index (χ3v) is 8.00. The Morgan fingerprint density at radius 3 is 2.71 bits per heavy atom. The Labute approximate surface area is 199 Å². The van der Waals surface area contributed by atoms with E-state index in [9.17, 15) is 9.18 Å². The van der Waals surface area contributed by atoms with Gasteiger partial charge in [0.2, 0.25) is 5.95 Å². The summed E-state index contributed by atoms with van der Waals surface area (Å²) in [6.45, 7) is 1.81. The molecule has 2 fully saturated rings. The smallest absolute Gasteiger partial charge is 0.255 e. The van der Waals surface area contributed by atoms with Gasteiger partial charge >= 0.3 is 0 Å². The van der Waals surface area contributed by atoms with Gasteiger partial charge in [-0.05, 0) is 24.3 Å². The molecule has 4 heterocycles. The Morgan fingerprint density at radius 1 is 1.18 bits per heavy atom. The van der Waals surface area contributed by atoms with Crippen molar-refractivity contribution in [1.29, 1.82) is 0 Å². The van der Waals surface area contributed by atoms with Crippen molar-refractivity contribution >= 4 is 32.6 Å². The molecule has 174 valence electrons. The molecule has 4 aromatic rings. The molecular weight excluding hydrogens is 455 g/mol. The molecule has 3 atom stereocenters. The van der Waals surface area contributed by atoms with E-state index < -0.39 is 5.82 Å². The summed E-state index contributed by atoms with van der Waals surface area (Å²) < 4.78 is 22.2. The molecule has 34 heavy (non-hydrogen) atoms. The highest BCUT2D eigenvalue weighted by molar-refractivity contribution is 7.22. The highest BCUT2D eigenvalue weighted by atomic mass is 32.1. The van der Waals surface area contributed by atoms with Crippen molar-refractivity contribution < 1.29 is 9.13 Å². The van der Waals surface area contributed by atoms with Crippen LogP contribution < -0.4 is 20.1 Å². The number of benzene rings is 1. The summed E-state index contributed by atoms with van der Waals surface area (Å²) in [6.07, 6.45) is 2.63. The normalized spacial score (nSPS) is 21.1. The van der Waals surface area contributed by atoms with Crippen LogP contribution in [0, 0.1) is 17.7 Å². The third-order valence-electron chi connectivity index (χ3n) is 6.93. The second-order valence-electron chi connectivity index (χ2n) is 8.86. The maximum atomic E-state index is 14.3. The van der Waals surface area contributed by atoms with Crippen LogP contribution in [0.5, 0.6) is 5.75 Å². The summed E-state index contributed by atoms with van der Waals surface area (Å²) in [5.41, 5.74) is 1.36. The molecular formula is C24H23FN6O2S. The Kier molecular flexibility index (Phi) is 4.80. The molecule has 0 N–H and O–H groups in total. The first-order valence-electron chi connectivity index (χ1n) is 11.0. The van der Waals surface area contributed by atoms with Crippen LogP contribution in [-0.4, -0.2) is 52.8 Å². The second kappa shape index (κ2) is 7.76. The van der Waals surface area contributed by atoms with Crippen molar-refractivity contribution in [2.75, 3.05) is 37.0 Å². The first kappa shape index (κ1) is 21.0. The van der Waals surface area contributed by atoms with Crippen molar-refractivity contribution in [3.63, 3.8) is 0 Å². The number of piperidine rings is 1. The van der Waals surface area contributed by atoms with Crippen LogP contribution in [0.25, 0.3) is 21.5 Å². The Hall–Kier alpha value is -3.53. The summed E-state index contributed by atoms with van der Waals surface area (Å²) in [6, 6.07) is 9.13. The molecule has 6 rings (SSSR count). The quantitative estimate of drug-likeness (QED) is 0.436. The van der Waals surface area contributed by atoms with Gasteiger partial charge in [0, 0.05) is 62.9 Å². The maximum absolute atomic E-state index is 14.3. The van der Waals surface area contributed by atoms with E-state index in [4.69, 9.17) is 9.72 Å². The standard InChI is InChI=1S/C24H23FN6O2S/c1-29-21(32)9-19(14-6-7-26-10-17(14)25)27-23(29)30(2)22-15-11-31(12-16(15)22)24-28-18-5-4-13(33-3)8-20(18)34-24/h4-10,15-16,22H,11-12H2,1-3H3/t15-,16+,22?. The van der Waals surface area contributed by atoms with E-state index in [1.165, 1.54) is 22.9 Å². The van der Waals surface area contributed by atoms with E-state index in [2.05, 4.69) is 19.8 Å². The summed E-state index contributed by atoms with van der Waals surface area (Å²) in [4.78, 5) is 30.3. The number of rotatable bonds is 5. The molecule has 1 aliphatic heterocycles. The number of methoxy groups -OCH3 is 1. The van der Waals surface area contributed by atoms with Gasteiger partial charge in [-0.2, -0.15) is 0 Å². The Morgan fingerprint density at radius 2 is 1.97 bits per heavy atom. The number of pyridine rings is 1. The Bertz CT molecular complexity index is 1460. The van der Waals surface area contributed by atoms with Gasteiger partial charge in [-0.1, -0.05) is 11.3 Å². The van der Waals surface area contributed by atoms with Gasteiger partial charge in [0.15, 0.2) is 10.9 Å². The number of hydrogen-bond donors (Lipinski definition) is 0. The lowest BCUT2D eigenvalue weighted by Crippen LogP contribution is -2.36. The summed E-state index contributed by atoms with van der Waals surface area (Å²) in [5.74, 6) is 1.80. The van der Waals surface area contributed by atoms with E-state index in [-0.39, 0.29) is 17.2 Å². The third kappa shape index (κ3) is 3.32. The van der Waals surface area contributed by atoms with Crippen LogP contribution in [0.2, 0.25) is 0 Å². The average molecular weight is 479 g/mol. The summed E-state index contributed by atoms with van der Waals surface area (Å²) >= 11 is 1.68. The van der Waals surface area contributed by atoms with Crippen molar-refractivity contribution in [2.45, 2.75) is 6.04 Å². The van der Waals surface area contributed by atoms with Gasteiger partial charge in [-0.15, -0.1) is 0 Å². The minimum absolute atomic E-state index is 0.222. The number of nitrogens with zero attached hydrogens (tertiary/aromatic N) is 6. The van der Waals surface area contributed by atoms with Gasteiger partial charge in [0.1, 0.15) is 5.75 Å². The topological polar surface area (TPSA) is 76.4 Å². The van der Waals surface area contributed by atoms with Crippen LogP contribution in [0.3, 0.4) is 0 Å². The van der Waals surface area contributed by atoms with Crippen molar-refractivity contribution in [2.24, 2.45) is 18.9 Å². The summed E-state index contributed by atoms with van der Waals surface area (Å²) in [7, 11) is 5.33. The fraction of sp³-hybridized carbons (Fsp3) is 0.333. The molecule has 1 aliphatic carbocycles. The number of fused-ring (bicyclic) bond motifs is 2. The highest BCUT2D eigenvalue weighted by Gasteiger charge is 2.58. The molecule has 1 saturated carbocycles. The number of ether oxygens (including phenoxy) is 1. The van der Waals surface area contributed by atoms with Gasteiger partial charge in [-0.25, -0.2) is 14.4 Å². The van der Waals surface area contributed by atoms with Crippen molar-refractivity contribution in [3.05, 3.63) is 58.9 Å². The number of anilines is 2. The molecule has 1 saturated heterocycles. The molecule has 1 aromatic carbocycles. The monoisotopic (exact) mass is 478 g/mol. The van der Waals surface area contributed by atoms with E-state index in [0.717, 1.165) is 40.4 Å². The lowest BCUT2D eigenvalue weighted by Gasteiger charge is -2.26. The molecule has 0 radical (unpaired) electrons. The van der Waals surface area contributed by atoms with Gasteiger partial charge < -0.3 is 14.5 Å². The van der Waals surface area contributed by atoms with Gasteiger partial charge in [-0.3, -0.25) is 14.3 Å². The first-order chi connectivity index (χ1) is 16.4. The lowest BCUT2D eigenvalue weighted by atomic mass is 10.2. The summed E-state index contributed by atoms with van der Waals surface area (Å²) in [5, 5.41) is 1.03. The second-order valence-corrected chi connectivity index (χ2v) is 9.87. The number of hydrogen-bond acceptors (Lipinski definition) is 8. The largest absolute Gasteiger partial charge is 0.497 e. The first-order valence-corrected chi connectivity index (χ1v) is 11.9. The van der Waals surface area contributed by atoms with Crippen molar-refractivity contribution in [1.82, 2.24) is 19.5 Å². The molecule has 0 amide bonds. The predicted molar refractivity (Wildman–Crippen MR) is 130 cm³/mol. The van der Waals surface area contributed by atoms with Crippen LogP contribution in [-0.2, 0) is 7.05 Å². The number of aromatic nitrogens is 4. The minimum Gasteiger partial charge on any atom is -0.497 e. The van der Waals surface area contributed by atoms with E-state index in [0.29, 0.717) is 23.5 Å². The minimum atomic E-state index is -0.496. The number of thiazole rings is 1. The van der Waals surface area contributed by atoms with Gasteiger partial charge in [0.25, 0.3) is 5.56 Å². The van der Waals surface area contributed by atoms with E-state index in [1.54, 1.807) is 25.5 Å². The molecule has 10 heteroatoms. The maximum Gasteiger partial charge on any atom is 0.255 e. The van der Waals surface area contributed by atoms with E-state index in [1.807, 2.05) is 25.2 Å². The highest BCUT2D eigenvalue weighted by Crippen LogP contribution is 2.51. The van der Waals surface area contributed by atoms with Gasteiger partial charge in [0.05, 0.1) is 29.2 Å².